The Bertz CT molecular complexity index is 823. The summed E-state index contributed by atoms with van der Waals surface area (Å²) in [6, 6.07) is 9.94. The van der Waals surface area contributed by atoms with Crippen molar-refractivity contribution in [2.24, 2.45) is 5.73 Å². The number of hydrogen-bond donors (Lipinski definition) is 3. The lowest BCUT2D eigenvalue weighted by Gasteiger charge is -2.05. The van der Waals surface area contributed by atoms with Gasteiger partial charge in [-0.05, 0) is 29.2 Å². The predicted octanol–water partition coefficient (Wildman–Crippen LogP) is 3.43. The van der Waals surface area contributed by atoms with Crippen molar-refractivity contribution in [1.29, 1.82) is 0 Å². The van der Waals surface area contributed by atoms with Crippen LogP contribution in [0.3, 0.4) is 0 Å². The van der Waals surface area contributed by atoms with Crippen LogP contribution in [0.15, 0.2) is 48.1 Å². The molecule has 4 nitrogen and oxygen atoms in total. The maximum absolute atomic E-state index is 5.96. The Morgan fingerprint density at radius 1 is 1.33 bits per heavy atom. The minimum Gasteiger partial charge on any atom is -0.497 e. The standard InChI is InChI=1S/C16H15N3OS/c1-20-12-4-2-3-10(5-12)11-6-13-14(15(17)9-21)8-19-16(13)18-7-11/h2-9,21H,17H2,1H3,(H,18,19)/b15-9-. The van der Waals surface area contributed by atoms with Crippen molar-refractivity contribution in [2.75, 3.05) is 7.11 Å². The van der Waals surface area contributed by atoms with Gasteiger partial charge in [0.05, 0.1) is 7.11 Å². The van der Waals surface area contributed by atoms with Gasteiger partial charge < -0.3 is 15.5 Å². The lowest BCUT2D eigenvalue weighted by Crippen LogP contribution is -1.93. The normalized spacial score (nSPS) is 11.8. The van der Waals surface area contributed by atoms with E-state index in [9.17, 15) is 0 Å². The van der Waals surface area contributed by atoms with Crippen LogP contribution in [-0.4, -0.2) is 17.1 Å². The molecule has 3 aromatic rings. The highest BCUT2D eigenvalue weighted by molar-refractivity contribution is 7.83. The Balaban J connectivity index is 2.15. The van der Waals surface area contributed by atoms with Gasteiger partial charge >= 0.3 is 0 Å². The summed E-state index contributed by atoms with van der Waals surface area (Å²) in [4.78, 5) is 7.56. The highest BCUT2D eigenvalue weighted by atomic mass is 32.1. The molecular weight excluding hydrogens is 282 g/mol. The van der Waals surface area contributed by atoms with Crippen molar-refractivity contribution in [3.8, 4) is 16.9 Å². The fourth-order valence-corrected chi connectivity index (χ4v) is 2.41. The van der Waals surface area contributed by atoms with Crippen LogP contribution in [0.5, 0.6) is 5.75 Å². The van der Waals surface area contributed by atoms with Crippen molar-refractivity contribution in [1.82, 2.24) is 9.97 Å². The monoisotopic (exact) mass is 297 g/mol. The molecule has 21 heavy (non-hydrogen) atoms. The fraction of sp³-hybridized carbons (Fsp3) is 0.0625. The van der Waals surface area contributed by atoms with E-state index in [4.69, 9.17) is 10.5 Å². The second-order valence-electron chi connectivity index (χ2n) is 4.64. The molecule has 0 aliphatic heterocycles. The summed E-state index contributed by atoms with van der Waals surface area (Å²) in [7, 11) is 1.66. The highest BCUT2D eigenvalue weighted by Gasteiger charge is 2.09. The van der Waals surface area contributed by atoms with Crippen molar-refractivity contribution in [2.45, 2.75) is 0 Å². The molecule has 0 amide bonds. The van der Waals surface area contributed by atoms with Crippen LogP contribution in [0.25, 0.3) is 27.9 Å². The number of rotatable bonds is 3. The van der Waals surface area contributed by atoms with E-state index in [1.165, 1.54) is 0 Å². The van der Waals surface area contributed by atoms with Gasteiger partial charge in [0.15, 0.2) is 0 Å². The van der Waals surface area contributed by atoms with Gasteiger partial charge in [-0.2, -0.15) is 0 Å². The van der Waals surface area contributed by atoms with Crippen LogP contribution in [-0.2, 0) is 0 Å². The number of methoxy groups -OCH3 is 1. The summed E-state index contributed by atoms with van der Waals surface area (Å²) in [6.07, 6.45) is 3.67. The maximum atomic E-state index is 5.96. The van der Waals surface area contributed by atoms with Crippen LogP contribution < -0.4 is 10.5 Å². The van der Waals surface area contributed by atoms with Gasteiger partial charge in [0, 0.05) is 34.6 Å². The first kappa shape index (κ1) is 13.6. The van der Waals surface area contributed by atoms with Crippen LogP contribution >= 0.6 is 12.6 Å². The minimum absolute atomic E-state index is 0.606. The third-order valence-corrected chi connectivity index (χ3v) is 3.66. The minimum atomic E-state index is 0.606. The quantitative estimate of drug-likeness (QED) is 0.649. The van der Waals surface area contributed by atoms with Gasteiger partial charge in [-0.1, -0.05) is 12.1 Å². The zero-order valence-corrected chi connectivity index (χ0v) is 12.4. The third-order valence-electron chi connectivity index (χ3n) is 3.38. The smallest absolute Gasteiger partial charge is 0.137 e. The van der Waals surface area contributed by atoms with Crippen LogP contribution in [0, 0.1) is 0 Å². The third kappa shape index (κ3) is 2.48. The summed E-state index contributed by atoms with van der Waals surface area (Å²) in [5.74, 6) is 0.816. The molecule has 0 saturated heterocycles. The molecule has 0 unspecified atom stereocenters. The molecule has 106 valence electrons. The van der Waals surface area contributed by atoms with E-state index in [2.05, 4.69) is 28.7 Å². The molecule has 3 N–H and O–H groups in total. The summed E-state index contributed by atoms with van der Waals surface area (Å²) >= 11 is 4.11. The molecule has 0 bridgehead atoms. The van der Waals surface area contributed by atoms with E-state index in [0.29, 0.717) is 5.70 Å². The maximum Gasteiger partial charge on any atom is 0.137 e. The Hall–Kier alpha value is -2.40. The van der Waals surface area contributed by atoms with E-state index in [0.717, 1.165) is 33.5 Å². The SMILES string of the molecule is COc1cccc(-c2cnc3[nH]cc(/C(N)=C/S)c3c2)c1. The Labute approximate surface area is 128 Å². The average molecular weight is 297 g/mol. The van der Waals surface area contributed by atoms with Crippen LogP contribution in [0.2, 0.25) is 0 Å². The largest absolute Gasteiger partial charge is 0.497 e. The first-order valence-corrected chi connectivity index (χ1v) is 6.96. The highest BCUT2D eigenvalue weighted by Crippen LogP contribution is 2.28. The molecule has 0 saturated carbocycles. The van der Waals surface area contributed by atoms with Crippen LogP contribution in [0.1, 0.15) is 5.56 Å². The Kier molecular flexibility index (Phi) is 3.58. The number of hydrogen-bond acceptors (Lipinski definition) is 4. The second-order valence-corrected chi connectivity index (χ2v) is 4.90. The van der Waals surface area contributed by atoms with E-state index in [1.807, 2.05) is 36.7 Å². The molecule has 0 fully saturated rings. The van der Waals surface area contributed by atoms with Crippen molar-refractivity contribution in [3.63, 3.8) is 0 Å². The average Bonchev–Trinajstić information content (AvgIpc) is 2.97. The summed E-state index contributed by atoms with van der Waals surface area (Å²) in [5, 5.41) is 2.55. The zero-order valence-electron chi connectivity index (χ0n) is 11.5. The number of nitrogens with one attached hydrogen (secondary N) is 1. The van der Waals surface area contributed by atoms with Crippen molar-refractivity contribution >= 4 is 29.4 Å². The first-order valence-electron chi connectivity index (χ1n) is 6.44. The van der Waals surface area contributed by atoms with Crippen molar-refractivity contribution in [3.05, 3.63) is 53.7 Å². The van der Waals surface area contributed by atoms with E-state index in [-0.39, 0.29) is 0 Å². The molecule has 0 radical (unpaired) electrons. The predicted molar refractivity (Wildman–Crippen MR) is 89.2 cm³/mol. The molecule has 0 aliphatic rings. The number of H-pyrrole nitrogens is 1. The van der Waals surface area contributed by atoms with E-state index >= 15 is 0 Å². The van der Waals surface area contributed by atoms with Crippen molar-refractivity contribution < 1.29 is 4.74 Å². The number of aromatic nitrogens is 2. The number of fused-ring (bicyclic) bond motifs is 1. The van der Waals surface area contributed by atoms with E-state index < -0.39 is 0 Å². The summed E-state index contributed by atoms with van der Waals surface area (Å²) < 4.78 is 5.26. The number of nitrogens with zero attached hydrogens (tertiary/aromatic N) is 1. The number of thiol groups is 1. The zero-order chi connectivity index (χ0) is 14.8. The van der Waals surface area contributed by atoms with Gasteiger partial charge in [0.1, 0.15) is 11.4 Å². The Morgan fingerprint density at radius 2 is 2.19 bits per heavy atom. The summed E-state index contributed by atoms with van der Waals surface area (Å²) in [6.45, 7) is 0. The number of benzene rings is 1. The number of pyridine rings is 1. The Morgan fingerprint density at radius 3 is 2.95 bits per heavy atom. The molecule has 2 heterocycles. The van der Waals surface area contributed by atoms with Crippen LogP contribution in [0.4, 0.5) is 0 Å². The molecule has 3 rings (SSSR count). The first-order chi connectivity index (χ1) is 10.2. The number of aromatic amines is 1. The van der Waals surface area contributed by atoms with Gasteiger partial charge in [0.25, 0.3) is 0 Å². The molecule has 1 aromatic carbocycles. The van der Waals surface area contributed by atoms with Gasteiger partial charge in [-0.25, -0.2) is 4.98 Å². The molecular formula is C16H15N3OS. The number of nitrogens with two attached hydrogens (primary N) is 1. The summed E-state index contributed by atoms with van der Waals surface area (Å²) in [5.41, 5.74) is 10.3. The van der Waals surface area contributed by atoms with E-state index in [1.54, 1.807) is 12.5 Å². The molecule has 2 aromatic heterocycles. The van der Waals surface area contributed by atoms with Gasteiger partial charge in [-0.3, -0.25) is 0 Å². The lowest BCUT2D eigenvalue weighted by molar-refractivity contribution is 0.415. The lowest BCUT2D eigenvalue weighted by atomic mass is 10.0. The topological polar surface area (TPSA) is 63.9 Å². The molecule has 0 aliphatic carbocycles. The molecule has 5 heteroatoms. The molecule has 0 spiro atoms. The van der Waals surface area contributed by atoms with Gasteiger partial charge in [0.2, 0.25) is 0 Å². The number of ether oxygens (including phenoxy) is 1. The van der Waals surface area contributed by atoms with Gasteiger partial charge in [-0.15, -0.1) is 12.6 Å². The molecule has 0 atom stereocenters. The fourth-order valence-electron chi connectivity index (χ4n) is 2.27. The second kappa shape index (κ2) is 5.54.